The summed E-state index contributed by atoms with van der Waals surface area (Å²) in [6.07, 6.45) is 0. The van der Waals surface area contributed by atoms with Crippen molar-refractivity contribution in [2.24, 2.45) is 0 Å². The molecule has 0 aliphatic rings. The Labute approximate surface area is 159 Å². The molecule has 7 heteroatoms. The number of nitriles is 1. The van der Waals surface area contributed by atoms with Gasteiger partial charge in [0.2, 0.25) is 0 Å². The summed E-state index contributed by atoms with van der Waals surface area (Å²) in [6.45, 7) is 0. The van der Waals surface area contributed by atoms with Crippen molar-refractivity contribution in [3.63, 3.8) is 0 Å². The lowest BCUT2D eigenvalue weighted by Crippen LogP contribution is -1.87. The van der Waals surface area contributed by atoms with E-state index in [1.54, 1.807) is 36.4 Å². The fraction of sp³-hybridized carbons (Fsp3) is 0. The number of phenols is 2. The first-order valence-corrected chi connectivity index (χ1v) is 9.16. The molecule has 0 aliphatic carbocycles. The number of phenolic OH excluding ortho intramolecular Hbond substituents is 2. The molecule has 0 bridgehead atoms. The van der Waals surface area contributed by atoms with Crippen molar-refractivity contribution < 1.29 is 10.2 Å². The van der Waals surface area contributed by atoms with E-state index in [9.17, 15) is 15.5 Å². The summed E-state index contributed by atoms with van der Waals surface area (Å²) >= 11 is 2.62. The predicted molar refractivity (Wildman–Crippen MR) is 104 cm³/mol. The van der Waals surface area contributed by atoms with Crippen LogP contribution in [0.15, 0.2) is 74.2 Å². The predicted octanol–water partition coefficient (Wildman–Crippen LogP) is 4.44. The first-order valence-electron chi connectivity index (χ1n) is 7.52. The molecule has 3 rings (SSSR count). The van der Waals surface area contributed by atoms with E-state index in [0.717, 1.165) is 9.79 Å². The van der Waals surface area contributed by atoms with Gasteiger partial charge in [0.25, 0.3) is 0 Å². The highest BCUT2D eigenvalue weighted by molar-refractivity contribution is 8.00. The summed E-state index contributed by atoms with van der Waals surface area (Å²) in [5, 5.41) is 29.3. The number of nitrogens with two attached hydrogens (primary N) is 2. The van der Waals surface area contributed by atoms with Crippen LogP contribution in [-0.4, -0.2) is 10.2 Å². The van der Waals surface area contributed by atoms with Gasteiger partial charge in [-0.3, -0.25) is 0 Å². The molecule has 130 valence electrons. The van der Waals surface area contributed by atoms with Gasteiger partial charge in [-0.15, -0.1) is 0 Å². The molecule has 0 aromatic heterocycles. The van der Waals surface area contributed by atoms with Crippen molar-refractivity contribution in [1.29, 1.82) is 5.26 Å². The summed E-state index contributed by atoms with van der Waals surface area (Å²) in [7, 11) is 0. The Bertz CT molecular complexity index is 944. The molecule has 6 N–H and O–H groups in total. The van der Waals surface area contributed by atoms with Crippen molar-refractivity contribution in [3.05, 3.63) is 60.2 Å². The van der Waals surface area contributed by atoms with Gasteiger partial charge in [-0.25, -0.2) is 0 Å². The van der Waals surface area contributed by atoms with Gasteiger partial charge in [-0.2, -0.15) is 5.26 Å². The second-order valence-corrected chi connectivity index (χ2v) is 7.69. The van der Waals surface area contributed by atoms with Gasteiger partial charge in [0.05, 0.1) is 21.4 Å². The highest BCUT2D eigenvalue weighted by atomic mass is 32.2. The van der Waals surface area contributed by atoms with Crippen LogP contribution in [-0.2, 0) is 0 Å². The zero-order valence-electron chi connectivity index (χ0n) is 13.5. The van der Waals surface area contributed by atoms with E-state index < -0.39 is 0 Å². The lowest BCUT2D eigenvalue weighted by molar-refractivity contribution is 0.462. The molecule has 0 atom stereocenters. The maximum absolute atomic E-state index is 10.0. The normalized spacial score (nSPS) is 10.4. The summed E-state index contributed by atoms with van der Waals surface area (Å²) < 4.78 is 0. The summed E-state index contributed by atoms with van der Waals surface area (Å²) in [6, 6.07) is 17.1. The Morgan fingerprint density at radius 3 is 1.62 bits per heavy atom. The van der Waals surface area contributed by atoms with E-state index in [4.69, 9.17) is 11.5 Å². The second-order valence-electron chi connectivity index (χ2n) is 5.46. The Balaban J connectivity index is 1.95. The van der Waals surface area contributed by atoms with Gasteiger partial charge in [0.15, 0.2) is 0 Å². The third-order valence-electron chi connectivity index (χ3n) is 3.43. The van der Waals surface area contributed by atoms with E-state index in [2.05, 4.69) is 6.07 Å². The SMILES string of the molecule is N#Cc1cc(Sc2cc(N)ccc2O)cc(Sc2cc(N)ccc2O)c1. The topological polar surface area (TPSA) is 116 Å². The number of rotatable bonds is 4. The molecular formula is C19H15N3O2S2. The minimum Gasteiger partial charge on any atom is -0.507 e. The van der Waals surface area contributed by atoms with Crippen LogP contribution < -0.4 is 11.5 Å². The van der Waals surface area contributed by atoms with Crippen LogP contribution in [0.3, 0.4) is 0 Å². The number of nitrogen functional groups attached to an aromatic ring is 2. The molecule has 0 heterocycles. The lowest BCUT2D eigenvalue weighted by atomic mass is 10.2. The average molecular weight is 381 g/mol. The van der Waals surface area contributed by atoms with Gasteiger partial charge in [-0.05, 0) is 54.6 Å². The summed E-state index contributed by atoms with van der Waals surface area (Å²) in [5.74, 6) is 0.239. The fourth-order valence-electron chi connectivity index (χ4n) is 2.23. The standard InChI is InChI=1S/C19H15N3O2S2/c20-10-11-5-14(25-18-7-12(21)1-3-16(18)23)9-15(6-11)26-19-8-13(22)2-4-17(19)24/h1-9,23-24H,21-22H2. The molecule has 5 nitrogen and oxygen atoms in total. The van der Waals surface area contributed by atoms with E-state index in [0.29, 0.717) is 26.7 Å². The van der Waals surface area contributed by atoms with E-state index in [1.807, 2.05) is 6.07 Å². The van der Waals surface area contributed by atoms with Crippen molar-refractivity contribution in [2.75, 3.05) is 11.5 Å². The van der Waals surface area contributed by atoms with Crippen LogP contribution >= 0.6 is 23.5 Å². The van der Waals surface area contributed by atoms with Crippen molar-refractivity contribution in [2.45, 2.75) is 19.6 Å². The van der Waals surface area contributed by atoms with Gasteiger partial charge < -0.3 is 21.7 Å². The van der Waals surface area contributed by atoms with Crippen LogP contribution in [0.5, 0.6) is 11.5 Å². The van der Waals surface area contributed by atoms with Crippen molar-refractivity contribution in [3.8, 4) is 17.6 Å². The van der Waals surface area contributed by atoms with Gasteiger partial charge in [-0.1, -0.05) is 23.5 Å². The van der Waals surface area contributed by atoms with Gasteiger partial charge in [0, 0.05) is 21.2 Å². The Morgan fingerprint density at radius 1 is 0.731 bits per heavy atom. The highest BCUT2D eigenvalue weighted by Gasteiger charge is 2.10. The molecule has 26 heavy (non-hydrogen) atoms. The molecule has 0 aliphatic heterocycles. The van der Waals surface area contributed by atoms with Crippen LogP contribution in [0, 0.1) is 11.3 Å². The molecular weight excluding hydrogens is 366 g/mol. The number of aromatic hydroxyl groups is 2. The first-order chi connectivity index (χ1) is 12.4. The van der Waals surface area contributed by atoms with Crippen molar-refractivity contribution >= 4 is 34.9 Å². The first kappa shape index (κ1) is 17.9. The lowest BCUT2D eigenvalue weighted by Gasteiger charge is -2.09. The molecule has 0 unspecified atom stereocenters. The minimum atomic E-state index is 0.120. The Kier molecular flexibility index (Phi) is 5.16. The van der Waals surface area contributed by atoms with Crippen LogP contribution in [0.4, 0.5) is 11.4 Å². The van der Waals surface area contributed by atoms with Crippen molar-refractivity contribution in [1.82, 2.24) is 0 Å². The molecule has 0 spiro atoms. The number of hydrogen-bond acceptors (Lipinski definition) is 7. The van der Waals surface area contributed by atoms with E-state index in [1.165, 1.54) is 35.7 Å². The van der Waals surface area contributed by atoms with Crippen LogP contribution in [0.1, 0.15) is 5.56 Å². The summed E-state index contributed by atoms with van der Waals surface area (Å²) in [4.78, 5) is 2.75. The molecule has 0 amide bonds. The monoisotopic (exact) mass is 381 g/mol. The molecule has 3 aromatic rings. The molecule has 0 saturated heterocycles. The maximum atomic E-state index is 10.0. The molecule has 3 aromatic carbocycles. The smallest absolute Gasteiger partial charge is 0.129 e. The van der Waals surface area contributed by atoms with Crippen LogP contribution in [0.2, 0.25) is 0 Å². The number of anilines is 2. The maximum Gasteiger partial charge on any atom is 0.129 e. The third-order valence-corrected chi connectivity index (χ3v) is 5.47. The Hall–Kier alpha value is -2.95. The largest absolute Gasteiger partial charge is 0.507 e. The molecule has 0 saturated carbocycles. The highest BCUT2D eigenvalue weighted by Crippen LogP contribution is 2.40. The quantitative estimate of drug-likeness (QED) is 0.390. The molecule has 0 fully saturated rings. The van der Waals surface area contributed by atoms with Crippen LogP contribution in [0.25, 0.3) is 0 Å². The third kappa shape index (κ3) is 4.17. The average Bonchev–Trinajstić information content (AvgIpc) is 2.61. The minimum absolute atomic E-state index is 0.120. The number of benzene rings is 3. The Morgan fingerprint density at radius 2 is 1.19 bits per heavy atom. The summed E-state index contributed by atoms with van der Waals surface area (Å²) in [5.41, 5.74) is 13.1. The zero-order chi connectivity index (χ0) is 18.7. The zero-order valence-corrected chi connectivity index (χ0v) is 15.1. The molecule has 0 radical (unpaired) electrons. The van der Waals surface area contributed by atoms with E-state index in [-0.39, 0.29) is 11.5 Å². The number of nitrogens with zero attached hydrogens (tertiary/aromatic N) is 1. The second kappa shape index (κ2) is 7.52. The van der Waals surface area contributed by atoms with Gasteiger partial charge >= 0.3 is 0 Å². The fourth-order valence-corrected chi connectivity index (χ4v) is 4.29. The number of hydrogen-bond donors (Lipinski definition) is 4. The van der Waals surface area contributed by atoms with Gasteiger partial charge in [0.1, 0.15) is 11.5 Å². The van der Waals surface area contributed by atoms with E-state index >= 15 is 0 Å².